The van der Waals surface area contributed by atoms with Crippen molar-refractivity contribution in [2.24, 2.45) is 0 Å². The summed E-state index contributed by atoms with van der Waals surface area (Å²) in [5.41, 5.74) is 5.67. The van der Waals surface area contributed by atoms with Gasteiger partial charge in [-0.1, -0.05) is 182 Å². The lowest BCUT2D eigenvalue weighted by Gasteiger charge is -2.51. The molecule has 0 saturated carbocycles. The maximum absolute atomic E-state index is 12.4. The minimum atomic E-state index is -1.32. The summed E-state index contributed by atoms with van der Waals surface area (Å²) in [6, 6.07) is 59.3. The first-order valence-electron chi connectivity index (χ1n) is 22.3. The molecule has 9 rings (SSSR count). The van der Waals surface area contributed by atoms with E-state index in [1.165, 1.54) is 0 Å². The smallest absolute Gasteiger partial charge is 0.187 e. The van der Waals surface area contributed by atoms with Gasteiger partial charge in [-0.15, -0.1) is 0 Å². The Bertz CT molecular complexity index is 2260. The van der Waals surface area contributed by atoms with Gasteiger partial charge in [-0.05, 0) is 27.8 Å². The van der Waals surface area contributed by atoms with E-state index >= 15 is 0 Å². The minimum absolute atomic E-state index is 0.135. The van der Waals surface area contributed by atoms with Crippen LogP contribution in [0.15, 0.2) is 182 Å². The lowest BCUT2D eigenvalue weighted by Crippen LogP contribution is -2.67. The van der Waals surface area contributed by atoms with Crippen molar-refractivity contribution in [2.75, 3.05) is 13.2 Å². The summed E-state index contributed by atoms with van der Waals surface area (Å²) in [5, 5.41) is 12.4. The molecule has 11 heteroatoms. The van der Waals surface area contributed by atoms with Gasteiger partial charge in [0.2, 0.25) is 0 Å². The van der Waals surface area contributed by atoms with Gasteiger partial charge in [-0.3, -0.25) is 0 Å². The second-order valence-corrected chi connectivity index (χ2v) is 16.4. The monoisotopic (exact) mass is 880 g/mol. The third-order valence-electron chi connectivity index (χ3n) is 11.8. The number of hydrogen-bond acceptors (Lipinski definition) is 11. The fourth-order valence-corrected chi connectivity index (χ4v) is 8.40. The average molecular weight is 881 g/mol. The van der Waals surface area contributed by atoms with E-state index < -0.39 is 67.7 Å². The highest BCUT2D eigenvalue weighted by Crippen LogP contribution is 2.39. The molecule has 3 aliphatic heterocycles. The van der Waals surface area contributed by atoms with Crippen molar-refractivity contribution in [2.45, 2.75) is 101 Å². The van der Waals surface area contributed by atoms with E-state index in [2.05, 4.69) is 0 Å². The fraction of sp³-hybridized carbons (Fsp3) is 0.333. The zero-order valence-corrected chi connectivity index (χ0v) is 36.2. The summed E-state index contributed by atoms with van der Waals surface area (Å²) in [7, 11) is 0. The third-order valence-corrected chi connectivity index (χ3v) is 11.8. The van der Waals surface area contributed by atoms with Crippen LogP contribution in [0.4, 0.5) is 0 Å². The molecule has 3 saturated heterocycles. The van der Waals surface area contributed by atoms with E-state index in [9.17, 15) is 5.11 Å². The van der Waals surface area contributed by atoms with Crippen LogP contribution in [0, 0.1) is 0 Å². The van der Waals surface area contributed by atoms with Crippen LogP contribution < -0.4 is 0 Å². The van der Waals surface area contributed by atoms with Gasteiger partial charge in [0.1, 0.15) is 48.8 Å². The molecule has 3 heterocycles. The Hall–Kier alpha value is -5.12. The van der Waals surface area contributed by atoms with Crippen LogP contribution in [0.25, 0.3) is 0 Å². The Morgan fingerprint density at radius 1 is 0.431 bits per heavy atom. The van der Waals surface area contributed by atoms with Gasteiger partial charge in [0.25, 0.3) is 0 Å². The molecule has 338 valence electrons. The maximum Gasteiger partial charge on any atom is 0.187 e. The summed E-state index contributed by atoms with van der Waals surface area (Å²) in [5.74, 6) is 0. The molecule has 6 aromatic rings. The van der Waals surface area contributed by atoms with Gasteiger partial charge in [0, 0.05) is 5.56 Å². The predicted octanol–water partition coefficient (Wildman–Crippen LogP) is 8.49. The van der Waals surface area contributed by atoms with E-state index in [1.54, 1.807) is 0 Å². The average Bonchev–Trinajstić information content (AvgIpc) is 3.37. The molecule has 0 bridgehead atoms. The molecule has 0 aromatic heterocycles. The Morgan fingerprint density at radius 3 is 1.40 bits per heavy atom. The first-order valence-corrected chi connectivity index (χ1v) is 22.3. The first kappa shape index (κ1) is 45.1. The van der Waals surface area contributed by atoms with Crippen LogP contribution >= 0.6 is 0 Å². The van der Waals surface area contributed by atoms with Crippen molar-refractivity contribution in [3.63, 3.8) is 0 Å². The second kappa shape index (κ2) is 22.9. The van der Waals surface area contributed by atoms with Crippen molar-refractivity contribution in [1.29, 1.82) is 0 Å². The van der Waals surface area contributed by atoms with Gasteiger partial charge in [-0.2, -0.15) is 0 Å². The van der Waals surface area contributed by atoms with Gasteiger partial charge in [-0.25, -0.2) is 0 Å². The number of rotatable bonds is 19. The Morgan fingerprint density at radius 2 is 0.877 bits per heavy atom. The third kappa shape index (κ3) is 12.0. The highest BCUT2D eigenvalue weighted by molar-refractivity contribution is 5.19. The first-order chi connectivity index (χ1) is 32.1. The lowest BCUT2D eigenvalue weighted by atomic mass is 9.95. The van der Waals surface area contributed by atoms with Crippen molar-refractivity contribution >= 4 is 0 Å². The second-order valence-electron chi connectivity index (χ2n) is 16.4. The van der Waals surface area contributed by atoms with Crippen LogP contribution in [-0.2, 0) is 80.4 Å². The van der Waals surface area contributed by atoms with Crippen molar-refractivity contribution in [1.82, 2.24) is 0 Å². The summed E-state index contributed by atoms with van der Waals surface area (Å²) in [4.78, 5) is 0. The largest absolute Gasteiger partial charge is 0.385 e. The molecule has 0 aliphatic carbocycles. The number of fused-ring (bicyclic) bond motifs is 1. The standard InChI is InChI=1S/C54H56O11/c55-46-49(48-45(37-61-52(64-48)43-29-17-6-18-30-43)62-53(46)60-35-42-27-15-5-16-28-42)65-54-51(59-34-41-25-13-4-14-26-41)50(58-33-40-23-11-3-12-24-40)47(57-32-39-21-9-2-10-22-39)44(63-54)36-56-31-38-19-7-1-8-20-38/h1-30,44-55H,31-37H2. The fourth-order valence-electron chi connectivity index (χ4n) is 8.40. The Balaban J connectivity index is 1.07. The normalized spacial score (nSPS) is 27.7. The van der Waals surface area contributed by atoms with Crippen LogP contribution in [0.1, 0.15) is 39.7 Å². The van der Waals surface area contributed by atoms with Crippen molar-refractivity contribution in [3.8, 4) is 0 Å². The summed E-state index contributed by atoms with van der Waals surface area (Å²) in [6.45, 7) is 1.59. The lowest BCUT2D eigenvalue weighted by molar-refractivity contribution is -0.398. The zero-order valence-electron chi connectivity index (χ0n) is 36.2. The van der Waals surface area contributed by atoms with Crippen molar-refractivity contribution in [3.05, 3.63) is 215 Å². The quantitative estimate of drug-likeness (QED) is 0.0846. The molecule has 11 nitrogen and oxygen atoms in total. The number of aliphatic hydroxyl groups excluding tert-OH is 1. The van der Waals surface area contributed by atoms with E-state index in [0.717, 1.165) is 33.4 Å². The number of hydrogen-bond donors (Lipinski definition) is 1. The molecular weight excluding hydrogens is 825 g/mol. The molecule has 6 aromatic carbocycles. The number of aliphatic hydroxyl groups is 1. The molecular formula is C54H56O11. The Kier molecular flexibility index (Phi) is 15.8. The molecule has 1 N–H and O–H groups in total. The maximum atomic E-state index is 12.4. The van der Waals surface area contributed by atoms with Crippen LogP contribution in [0.2, 0.25) is 0 Å². The molecule has 0 amide bonds. The van der Waals surface area contributed by atoms with E-state index in [1.807, 2.05) is 182 Å². The van der Waals surface area contributed by atoms with E-state index in [4.69, 9.17) is 47.4 Å². The highest BCUT2D eigenvalue weighted by atomic mass is 16.8. The molecule has 0 spiro atoms. The van der Waals surface area contributed by atoms with Gasteiger partial charge in [0.15, 0.2) is 18.9 Å². The van der Waals surface area contributed by atoms with Crippen molar-refractivity contribution < 1.29 is 52.5 Å². The van der Waals surface area contributed by atoms with Crippen LogP contribution in [0.3, 0.4) is 0 Å². The van der Waals surface area contributed by atoms with Gasteiger partial charge < -0.3 is 52.5 Å². The molecule has 3 fully saturated rings. The Labute approximate surface area is 380 Å². The molecule has 11 atom stereocenters. The molecule has 3 aliphatic rings. The SMILES string of the molecule is OC1C(OCc2ccccc2)OC2COC(c3ccccc3)OC2C1OC1OC(COCc2ccccc2)C(OCc2ccccc2)C(OCc2ccccc2)C1OCc1ccccc1. The highest BCUT2D eigenvalue weighted by Gasteiger charge is 2.55. The molecule has 65 heavy (non-hydrogen) atoms. The predicted molar refractivity (Wildman–Crippen MR) is 241 cm³/mol. The minimum Gasteiger partial charge on any atom is -0.385 e. The summed E-state index contributed by atoms with van der Waals surface area (Å²) in [6.07, 6.45) is -9.82. The van der Waals surface area contributed by atoms with Gasteiger partial charge in [0.05, 0.1) is 46.2 Å². The van der Waals surface area contributed by atoms with E-state index in [-0.39, 0.29) is 39.6 Å². The van der Waals surface area contributed by atoms with Crippen LogP contribution in [0.5, 0.6) is 0 Å². The van der Waals surface area contributed by atoms with E-state index in [0.29, 0.717) is 6.61 Å². The van der Waals surface area contributed by atoms with Gasteiger partial charge >= 0.3 is 0 Å². The van der Waals surface area contributed by atoms with Crippen LogP contribution in [-0.4, -0.2) is 79.7 Å². The number of benzene rings is 6. The summed E-state index contributed by atoms with van der Waals surface area (Å²) >= 11 is 0. The summed E-state index contributed by atoms with van der Waals surface area (Å²) < 4.78 is 67.1. The zero-order chi connectivity index (χ0) is 44.0. The molecule has 11 unspecified atom stereocenters. The molecule has 0 radical (unpaired) electrons. The number of ether oxygens (including phenoxy) is 10. The topological polar surface area (TPSA) is 113 Å².